The molecule has 0 spiro atoms. The molecule has 1 aromatic carbocycles. The van der Waals surface area contributed by atoms with E-state index in [0.29, 0.717) is 19.1 Å². The third kappa shape index (κ3) is 3.28. The zero-order valence-corrected chi connectivity index (χ0v) is 12.7. The van der Waals surface area contributed by atoms with Crippen molar-refractivity contribution in [2.24, 2.45) is 0 Å². The standard InChI is InChI=1S/C16H26N2O/c1-11-6-12(2)15(13(3)7-11)18-8-14(4)17-9-16(5,19)10-18/h6-7,14,17,19H,8-10H2,1-5H3. The predicted octanol–water partition coefficient (Wildman–Crippen LogP) is 2.16. The third-order valence-corrected chi connectivity index (χ3v) is 3.81. The molecule has 3 heteroatoms. The zero-order valence-electron chi connectivity index (χ0n) is 12.7. The van der Waals surface area contributed by atoms with Crippen LogP contribution in [0.25, 0.3) is 0 Å². The largest absolute Gasteiger partial charge is 0.387 e. The van der Waals surface area contributed by atoms with E-state index in [4.69, 9.17) is 0 Å². The minimum absolute atomic E-state index is 0.383. The molecule has 19 heavy (non-hydrogen) atoms. The van der Waals surface area contributed by atoms with Crippen molar-refractivity contribution < 1.29 is 5.11 Å². The van der Waals surface area contributed by atoms with Crippen molar-refractivity contribution in [2.45, 2.75) is 46.3 Å². The van der Waals surface area contributed by atoms with Crippen LogP contribution >= 0.6 is 0 Å². The number of aliphatic hydroxyl groups is 1. The number of benzene rings is 1. The van der Waals surface area contributed by atoms with E-state index in [1.54, 1.807) is 0 Å². The summed E-state index contributed by atoms with van der Waals surface area (Å²) in [6.07, 6.45) is 0. The molecule has 2 N–H and O–H groups in total. The molecule has 1 aromatic rings. The van der Waals surface area contributed by atoms with Gasteiger partial charge in [-0.3, -0.25) is 0 Å². The monoisotopic (exact) mass is 262 g/mol. The number of hydrogen-bond acceptors (Lipinski definition) is 3. The smallest absolute Gasteiger partial charge is 0.0917 e. The molecular weight excluding hydrogens is 236 g/mol. The highest BCUT2D eigenvalue weighted by atomic mass is 16.3. The first-order chi connectivity index (χ1) is 8.78. The van der Waals surface area contributed by atoms with Crippen molar-refractivity contribution >= 4 is 5.69 Å². The Labute approximate surface area is 116 Å². The molecule has 0 amide bonds. The van der Waals surface area contributed by atoms with Gasteiger partial charge >= 0.3 is 0 Å². The van der Waals surface area contributed by atoms with Crippen molar-refractivity contribution in [3.05, 3.63) is 28.8 Å². The zero-order chi connectivity index (χ0) is 14.2. The number of aryl methyl sites for hydroxylation is 3. The summed E-state index contributed by atoms with van der Waals surface area (Å²) in [5.41, 5.74) is 4.48. The molecule has 1 aliphatic heterocycles. The van der Waals surface area contributed by atoms with Gasteiger partial charge in [0, 0.05) is 31.4 Å². The normalized spacial score (nSPS) is 28.3. The van der Waals surface area contributed by atoms with Crippen LogP contribution in [-0.4, -0.2) is 36.4 Å². The van der Waals surface area contributed by atoms with E-state index in [1.807, 2.05) is 6.92 Å². The third-order valence-electron chi connectivity index (χ3n) is 3.81. The van der Waals surface area contributed by atoms with E-state index in [0.717, 1.165) is 6.54 Å². The van der Waals surface area contributed by atoms with Crippen LogP contribution in [-0.2, 0) is 0 Å². The van der Waals surface area contributed by atoms with Crippen molar-refractivity contribution in [3.63, 3.8) is 0 Å². The van der Waals surface area contributed by atoms with Gasteiger partial charge < -0.3 is 15.3 Å². The Kier molecular flexibility index (Phi) is 3.88. The van der Waals surface area contributed by atoms with E-state index in [2.05, 4.69) is 50.0 Å². The van der Waals surface area contributed by atoms with Crippen LogP contribution in [0.3, 0.4) is 0 Å². The van der Waals surface area contributed by atoms with Gasteiger partial charge in [0.25, 0.3) is 0 Å². The van der Waals surface area contributed by atoms with E-state index in [9.17, 15) is 5.11 Å². The molecule has 106 valence electrons. The van der Waals surface area contributed by atoms with Gasteiger partial charge in [-0.15, -0.1) is 0 Å². The topological polar surface area (TPSA) is 35.5 Å². The molecule has 0 saturated carbocycles. The summed E-state index contributed by atoms with van der Waals surface area (Å²) in [5, 5.41) is 13.8. The van der Waals surface area contributed by atoms with Crippen LogP contribution < -0.4 is 10.2 Å². The van der Waals surface area contributed by atoms with Gasteiger partial charge in [0.05, 0.1) is 5.60 Å². The number of nitrogens with one attached hydrogen (secondary N) is 1. The number of anilines is 1. The molecule has 2 unspecified atom stereocenters. The van der Waals surface area contributed by atoms with Gasteiger partial charge in [-0.05, 0) is 45.7 Å². The molecule has 0 aromatic heterocycles. The van der Waals surface area contributed by atoms with Crippen LogP contribution in [0.1, 0.15) is 30.5 Å². The van der Waals surface area contributed by atoms with Crippen molar-refractivity contribution in [3.8, 4) is 0 Å². The molecule has 1 aliphatic rings. The highest BCUT2D eigenvalue weighted by Gasteiger charge is 2.30. The van der Waals surface area contributed by atoms with Gasteiger partial charge in [-0.25, -0.2) is 0 Å². The first-order valence-corrected chi connectivity index (χ1v) is 7.07. The van der Waals surface area contributed by atoms with Gasteiger partial charge in [0.1, 0.15) is 0 Å². The van der Waals surface area contributed by atoms with Crippen molar-refractivity contribution in [2.75, 3.05) is 24.5 Å². The fraction of sp³-hybridized carbons (Fsp3) is 0.625. The number of hydrogen-bond donors (Lipinski definition) is 2. The Hall–Kier alpha value is -1.06. The quantitative estimate of drug-likeness (QED) is 0.814. The maximum atomic E-state index is 10.4. The number of rotatable bonds is 1. The summed E-state index contributed by atoms with van der Waals surface area (Å²) < 4.78 is 0. The Morgan fingerprint density at radius 1 is 1.26 bits per heavy atom. The second kappa shape index (κ2) is 5.14. The predicted molar refractivity (Wildman–Crippen MR) is 81.0 cm³/mol. The van der Waals surface area contributed by atoms with Crippen LogP contribution in [0.2, 0.25) is 0 Å². The molecule has 1 saturated heterocycles. The highest BCUT2D eigenvalue weighted by molar-refractivity contribution is 5.60. The summed E-state index contributed by atoms with van der Waals surface area (Å²) >= 11 is 0. The molecule has 2 rings (SSSR count). The molecular formula is C16H26N2O. The lowest BCUT2D eigenvalue weighted by Gasteiger charge is -2.32. The van der Waals surface area contributed by atoms with Gasteiger partial charge in [0.2, 0.25) is 0 Å². The van der Waals surface area contributed by atoms with E-state index in [-0.39, 0.29) is 0 Å². The SMILES string of the molecule is Cc1cc(C)c(N2CC(C)NCC(C)(O)C2)c(C)c1. The van der Waals surface area contributed by atoms with E-state index < -0.39 is 5.60 Å². The minimum Gasteiger partial charge on any atom is -0.387 e. The first-order valence-electron chi connectivity index (χ1n) is 7.07. The summed E-state index contributed by atoms with van der Waals surface area (Å²) in [6.45, 7) is 12.8. The van der Waals surface area contributed by atoms with Crippen LogP contribution in [0.5, 0.6) is 0 Å². The minimum atomic E-state index is -0.686. The van der Waals surface area contributed by atoms with Crippen LogP contribution in [0.4, 0.5) is 5.69 Å². The average molecular weight is 262 g/mol. The summed E-state index contributed by atoms with van der Waals surface area (Å²) in [4.78, 5) is 2.33. The lowest BCUT2D eigenvalue weighted by atomic mass is 10.0. The fourth-order valence-corrected chi connectivity index (χ4v) is 3.16. The second-order valence-corrected chi connectivity index (χ2v) is 6.41. The van der Waals surface area contributed by atoms with Crippen molar-refractivity contribution in [1.29, 1.82) is 0 Å². The van der Waals surface area contributed by atoms with Gasteiger partial charge in [-0.2, -0.15) is 0 Å². The van der Waals surface area contributed by atoms with E-state index in [1.165, 1.54) is 22.4 Å². The van der Waals surface area contributed by atoms with Crippen LogP contribution in [0.15, 0.2) is 12.1 Å². The van der Waals surface area contributed by atoms with Gasteiger partial charge in [0.15, 0.2) is 0 Å². The second-order valence-electron chi connectivity index (χ2n) is 6.41. The highest BCUT2D eigenvalue weighted by Crippen LogP contribution is 2.28. The van der Waals surface area contributed by atoms with E-state index >= 15 is 0 Å². The van der Waals surface area contributed by atoms with Crippen molar-refractivity contribution in [1.82, 2.24) is 5.32 Å². The lowest BCUT2D eigenvalue weighted by molar-refractivity contribution is 0.0718. The maximum absolute atomic E-state index is 10.4. The average Bonchev–Trinajstić information content (AvgIpc) is 2.36. The number of β-amino-alcohol motifs (C(OH)–C–C–N with tert-alkyl or cyclic N) is 1. The molecule has 3 nitrogen and oxygen atoms in total. The Morgan fingerprint density at radius 2 is 1.84 bits per heavy atom. The molecule has 1 heterocycles. The summed E-state index contributed by atoms with van der Waals surface area (Å²) in [6, 6.07) is 4.83. The Morgan fingerprint density at radius 3 is 2.42 bits per heavy atom. The maximum Gasteiger partial charge on any atom is 0.0917 e. The summed E-state index contributed by atoms with van der Waals surface area (Å²) in [5.74, 6) is 0. The molecule has 1 fully saturated rings. The van der Waals surface area contributed by atoms with Crippen LogP contribution in [0, 0.1) is 20.8 Å². The van der Waals surface area contributed by atoms with Gasteiger partial charge in [-0.1, -0.05) is 17.7 Å². The Bertz CT molecular complexity index is 445. The Balaban J connectivity index is 2.39. The molecule has 0 aliphatic carbocycles. The molecule has 2 atom stereocenters. The summed E-state index contributed by atoms with van der Waals surface area (Å²) in [7, 11) is 0. The molecule has 0 bridgehead atoms. The number of nitrogens with zero attached hydrogens (tertiary/aromatic N) is 1. The fourth-order valence-electron chi connectivity index (χ4n) is 3.16. The first kappa shape index (κ1) is 14.4. The lowest BCUT2D eigenvalue weighted by Crippen LogP contribution is -2.43. The molecule has 0 radical (unpaired) electrons.